The number of nitrogens with one attached hydrogen (secondary N) is 2. The van der Waals surface area contributed by atoms with Gasteiger partial charge in [-0.1, -0.05) is 6.07 Å². The highest BCUT2D eigenvalue weighted by molar-refractivity contribution is 7.85. The number of anilines is 3. The van der Waals surface area contributed by atoms with Crippen molar-refractivity contribution in [3.8, 4) is 5.75 Å². The first-order valence-corrected chi connectivity index (χ1v) is 16.7. The van der Waals surface area contributed by atoms with E-state index in [0.29, 0.717) is 18.7 Å². The van der Waals surface area contributed by atoms with Crippen molar-refractivity contribution in [3.05, 3.63) is 64.1 Å². The molecule has 5 rings (SSSR count). The predicted octanol–water partition coefficient (Wildman–Crippen LogP) is 2.64. The predicted molar refractivity (Wildman–Crippen MR) is 175 cm³/mol. The first-order valence-electron chi connectivity index (χ1n) is 14.3. The Hall–Kier alpha value is -5.39. The third-order valence-corrected chi connectivity index (χ3v) is 8.35. The number of benzene rings is 3. The van der Waals surface area contributed by atoms with E-state index < -0.39 is 43.0 Å². The number of fused-ring (bicyclic) bond motifs is 1. The van der Waals surface area contributed by atoms with E-state index in [9.17, 15) is 32.8 Å². The Morgan fingerprint density at radius 1 is 1.08 bits per heavy atom. The van der Waals surface area contributed by atoms with Gasteiger partial charge in [0.1, 0.15) is 12.3 Å². The van der Waals surface area contributed by atoms with Crippen LogP contribution in [-0.2, 0) is 32.2 Å². The second kappa shape index (κ2) is 15.4. The van der Waals surface area contributed by atoms with E-state index in [1.54, 1.807) is 0 Å². The summed E-state index contributed by atoms with van der Waals surface area (Å²) in [5, 5.41) is 40.6. The lowest BCUT2D eigenvalue weighted by atomic mass is 10.1. The van der Waals surface area contributed by atoms with Gasteiger partial charge in [0.05, 0.1) is 21.8 Å². The van der Waals surface area contributed by atoms with E-state index in [1.807, 2.05) is 25.8 Å². The van der Waals surface area contributed by atoms with Gasteiger partial charge in [-0.2, -0.15) is 23.5 Å². The molecule has 4 aromatic rings. The summed E-state index contributed by atoms with van der Waals surface area (Å²) in [4.78, 5) is 42.7. The van der Waals surface area contributed by atoms with Crippen molar-refractivity contribution >= 4 is 66.4 Å². The topological polar surface area (TPSA) is 294 Å². The fourth-order valence-electron chi connectivity index (χ4n) is 5.13. The number of nitrogens with zero attached hydrogens (tertiary/aromatic N) is 6. The minimum Gasteiger partial charge on any atom is -0.505 e. The molecule has 1 fully saturated rings. The van der Waals surface area contributed by atoms with Crippen LogP contribution in [0.2, 0.25) is 0 Å². The van der Waals surface area contributed by atoms with Gasteiger partial charge in [0.2, 0.25) is 11.9 Å². The van der Waals surface area contributed by atoms with Gasteiger partial charge in [-0.15, -0.1) is 17.7 Å². The third kappa shape index (κ3) is 9.19. The fourth-order valence-corrected chi connectivity index (χ4v) is 5.67. The number of phenolic OH excluding ortho intramolecular Hbond substituents is 1. The molecule has 2 atom stereocenters. The van der Waals surface area contributed by atoms with Crippen molar-refractivity contribution in [1.82, 2.24) is 19.9 Å². The average molecular weight is 735 g/mol. The molecule has 22 heteroatoms. The molecule has 0 spiro atoms. The number of hydrogen-bond donors (Lipinski definition) is 6. The summed E-state index contributed by atoms with van der Waals surface area (Å²) >= 11 is 0. The molecule has 2 heterocycles. The molecule has 0 amide bonds. The molecule has 50 heavy (non-hydrogen) atoms. The number of carbonyl (C=O) groups is 1. The van der Waals surface area contributed by atoms with Gasteiger partial charge in [-0.25, -0.2) is 14.5 Å². The normalized spacial score (nSPS) is 16.6. The molecule has 20 nitrogen and oxygen atoms in total. The van der Waals surface area contributed by atoms with E-state index in [2.05, 4.69) is 40.3 Å². The third-order valence-electron chi connectivity index (χ3n) is 7.52. The number of likely N-dealkylation sites (N-methyl/N-ethyl adjacent to an activating group) is 1. The Kier molecular flexibility index (Phi) is 11.6. The zero-order valence-electron chi connectivity index (χ0n) is 26.4. The van der Waals surface area contributed by atoms with Crippen LogP contribution in [-0.4, -0.2) is 99.1 Å². The van der Waals surface area contributed by atoms with Crippen molar-refractivity contribution in [2.45, 2.75) is 37.4 Å². The van der Waals surface area contributed by atoms with Crippen LogP contribution in [0, 0.1) is 0 Å². The molecule has 1 aliphatic rings. The van der Waals surface area contributed by atoms with Gasteiger partial charge >= 0.3 is 22.3 Å². The number of aromatic amines is 1. The lowest BCUT2D eigenvalue weighted by molar-refractivity contribution is -0.253. The molecule has 1 saturated heterocycles. The minimum atomic E-state index is -4.71. The Bertz CT molecular complexity index is 2240. The number of azo groups is 1. The highest BCUT2D eigenvalue weighted by atomic mass is 32.2. The molecule has 1 aromatic heterocycles. The molecule has 3 aromatic carbocycles. The molecule has 0 aliphatic carbocycles. The molecule has 0 radical (unpaired) electrons. The molecule has 266 valence electrons. The number of carboxylic acids is 1. The maximum atomic E-state index is 12.6. The maximum absolute atomic E-state index is 12.6. The second-order valence-electron chi connectivity index (χ2n) is 11.1. The Morgan fingerprint density at radius 3 is 2.42 bits per heavy atom. The standard InChI is InChI=1S/C28H30N8O9S.O3S/c1-14-12-36(15(2)11-35(14)3)27-30-26(31-28(40)32-27)29-22-10-20(46(42,43)44)9-17-4-5-21(24(37)23(17)22)34-33-19-7-16(13-45-41)6-18(8-19)25(38)39;1-4(2)3/h4-10,14-15,37,41H,11-13H2,1-3H3,(H,38,39)(H,42,43,44)(H2,29,30,31,32,40);. The molecule has 1 aliphatic heterocycles. The molecule has 0 saturated carbocycles. The summed E-state index contributed by atoms with van der Waals surface area (Å²) in [6.07, 6.45) is 0. The lowest BCUT2D eigenvalue weighted by Gasteiger charge is -2.42. The SMILES string of the molecule is CC1CN(c2nc(Nc3cc(S(=O)(=O)O)cc4ccc(N=Nc5cc(COO)cc(C(=O)O)c5)c(O)c34)[nH]c(=O)n2)C(C)CN1C.O=S(=O)=O. The van der Waals surface area contributed by atoms with E-state index in [1.165, 1.54) is 30.3 Å². The van der Waals surface area contributed by atoms with Gasteiger partial charge in [0, 0.05) is 30.6 Å². The Labute approximate surface area is 284 Å². The maximum Gasteiger partial charge on any atom is 0.425 e. The number of H-pyrrole nitrogens is 1. The molecular weight excluding hydrogens is 704 g/mol. The Balaban J connectivity index is 0.00000133. The summed E-state index contributed by atoms with van der Waals surface area (Å²) in [6, 6.07) is 8.98. The molecular formula is C28H30N8O12S2. The van der Waals surface area contributed by atoms with Crippen LogP contribution in [0.25, 0.3) is 10.8 Å². The van der Waals surface area contributed by atoms with Gasteiger partial charge < -0.3 is 20.4 Å². The summed E-state index contributed by atoms with van der Waals surface area (Å²) in [7, 11) is -5.82. The Morgan fingerprint density at radius 2 is 1.78 bits per heavy atom. The van der Waals surface area contributed by atoms with Crippen LogP contribution in [0.1, 0.15) is 29.8 Å². The number of piperazine rings is 1. The van der Waals surface area contributed by atoms with Crippen molar-refractivity contribution in [2.75, 3.05) is 30.4 Å². The number of carboxylic acid groups (broad SMARTS) is 1. The molecule has 6 N–H and O–H groups in total. The van der Waals surface area contributed by atoms with Gasteiger partial charge in [-0.3, -0.25) is 19.7 Å². The number of aromatic nitrogens is 3. The summed E-state index contributed by atoms with van der Waals surface area (Å²) in [5.41, 5.74) is -0.654. The zero-order valence-corrected chi connectivity index (χ0v) is 28.0. The zero-order chi connectivity index (χ0) is 36.9. The van der Waals surface area contributed by atoms with Gasteiger partial charge in [-0.05, 0) is 68.2 Å². The fraction of sp³-hybridized carbons (Fsp3) is 0.286. The van der Waals surface area contributed by atoms with Gasteiger partial charge in [0.25, 0.3) is 10.1 Å². The number of aromatic hydroxyl groups is 1. The highest BCUT2D eigenvalue weighted by Crippen LogP contribution is 2.42. The number of aromatic carboxylic acids is 1. The summed E-state index contributed by atoms with van der Waals surface area (Å²) in [6.45, 7) is 4.93. The first-order chi connectivity index (χ1) is 23.5. The smallest absolute Gasteiger partial charge is 0.425 e. The van der Waals surface area contributed by atoms with E-state index in [0.717, 1.165) is 12.1 Å². The van der Waals surface area contributed by atoms with Crippen LogP contribution < -0.4 is 15.9 Å². The van der Waals surface area contributed by atoms with Crippen LogP contribution in [0.3, 0.4) is 0 Å². The van der Waals surface area contributed by atoms with E-state index in [4.69, 9.17) is 17.9 Å². The quantitative estimate of drug-likeness (QED) is 0.0623. The van der Waals surface area contributed by atoms with Crippen LogP contribution in [0.15, 0.2) is 62.4 Å². The van der Waals surface area contributed by atoms with E-state index >= 15 is 0 Å². The summed E-state index contributed by atoms with van der Waals surface area (Å²) < 4.78 is 59.4. The van der Waals surface area contributed by atoms with Crippen LogP contribution in [0.5, 0.6) is 5.75 Å². The van der Waals surface area contributed by atoms with Crippen molar-refractivity contribution in [2.24, 2.45) is 10.2 Å². The second-order valence-corrected chi connectivity index (χ2v) is 12.9. The van der Waals surface area contributed by atoms with Crippen molar-refractivity contribution < 1.29 is 50.7 Å². The summed E-state index contributed by atoms with van der Waals surface area (Å²) in [5.74, 6) is -1.69. The van der Waals surface area contributed by atoms with Crippen LogP contribution >= 0.6 is 0 Å². The van der Waals surface area contributed by atoms with Gasteiger partial charge in [0.15, 0.2) is 5.75 Å². The number of rotatable bonds is 9. The first kappa shape index (κ1) is 37.4. The monoisotopic (exact) mass is 734 g/mol. The highest BCUT2D eigenvalue weighted by Gasteiger charge is 2.29. The largest absolute Gasteiger partial charge is 0.505 e. The molecule has 0 bridgehead atoms. The van der Waals surface area contributed by atoms with E-state index in [-0.39, 0.29) is 64.0 Å². The minimum absolute atomic E-state index is 0.0278. The number of phenols is 1. The lowest BCUT2D eigenvalue weighted by Crippen LogP contribution is -2.55. The number of hydrogen-bond acceptors (Lipinski definition) is 17. The van der Waals surface area contributed by atoms with Crippen LogP contribution in [0.4, 0.5) is 29.0 Å². The average Bonchev–Trinajstić information content (AvgIpc) is 3.01. The van der Waals surface area contributed by atoms with Crippen molar-refractivity contribution in [1.29, 1.82) is 0 Å². The van der Waals surface area contributed by atoms with Crippen molar-refractivity contribution in [3.63, 3.8) is 0 Å². The molecule has 2 unspecified atom stereocenters.